The van der Waals surface area contributed by atoms with Crippen molar-refractivity contribution in [2.75, 3.05) is 0 Å². The molecule has 20 heavy (non-hydrogen) atoms. The van der Waals surface area contributed by atoms with Gasteiger partial charge in [-0.3, -0.25) is 9.59 Å². The molecule has 1 aromatic rings. The molecule has 0 aliphatic carbocycles. The highest BCUT2D eigenvalue weighted by molar-refractivity contribution is 9.10. The molecule has 0 fully saturated rings. The van der Waals surface area contributed by atoms with Crippen LogP contribution in [0.3, 0.4) is 0 Å². The Morgan fingerprint density at radius 2 is 2.00 bits per heavy atom. The molecule has 4 nitrogen and oxygen atoms in total. The number of halogens is 2. The van der Waals surface area contributed by atoms with E-state index in [0.717, 1.165) is 6.07 Å². The van der Waals surface area contributed by atoms with Gasteiger partial charge >= 0.3 is 5.97 Å². The zero-order valence-corrected chi connectivity index (χ0v) is 13.1. The summed E-state index contributed by atoms with van der Waals surface area (Å²) >= 11 is 3.18. The average Bonchev–Trinajstić information content (AvgIpc) is 2.29. The zero-order chi connectivity index (χ0) is 15.5. The SMILES string of the molecule is CC(C)(C)C(CC(=O)O)NC(=O)c1cc(F)ccc1Br. The second kappa shape index (κ2) is 6.35. The molecule has 110 valence electrons. The highest BCUT2D eigenvalue weighted by Crippen LogP contribution is 2.24. The molecule has 0 aromatic heterocycles. The van der Waals surface area contributed by atoms with Crippen LogP contribution in [0.1, 0.15) is 37.6 Å². The Hall–Kier alpha value is -1.43. The van der Waals surface area contributed by atoms with Gasteiger partial charge in [0.1, 0.15) is 5.82 Å². The number of benzene rings is 1. The lowest BCUT2D eigenvalue weighted by atomic mass is 9.84. The Balaban J connectivity index is 2.96. The molecule has 0 saturated carbocycles. The van der Waals surface area contributed by atoms with Gasteiger partial charge in [-0.1, -0.05) is 20.8 Å². The number of rotatable bonds is 4. The van der Waals surface area contributed by atoms with Crippen molar-refractivity contribution in [3.8, 4) is 0 Å². The number of carbonyl (C=O) groups excluding carboxylic acids is 1. The lowest BCUT2D eigenvalue weighted by Gasteiger charge is -2.30. The van der Waals surface area contributed by atoms with E-state index in [0.29, 0.717) is 4.47 Å². The van der Waals surface area contributed by atoms with Crippen LogP contribution in [0.5, 0.6) is 0 Å². The summed E-state index contributed by atoms with van der Waals surface area (Å²) in [4.78, 5) is 23.0. The standard InChI is InChI=1S/C14H17BrFNO3/c1-14(2,3)11(7-12(18)19)17-13(20)9-6-8(16)4-5-10(9)15/h4-6,11H,7H2,1-3H3,(H,17,20)(H,18,19). The minimum absolute atomic E-state index is 0.143. The summed E-state index contributed by atoms with van der Waals surface area (Å²) in [5, 5.41) is 11.6. The first kappa shape index (κ1) is 16.6. The molecule has 2 N–H and O–H groups in total. The number of hydrogen-bond acceptors (Lipinski definition) is 2. The minimum Gasteiger partial charge on any atom is -0.481 e. The summed E-state index contributed by atoms with van der Waals surface area (Å²) in [7, 11) is 0. The van der Waals surface area contributed by atoms with E-state index in [4.69, 9.17) is 5.11 Å². The van der Waals surface area contributed by atoms with E-state index >= 15 is 0 Å². The predicted octanol–water partition coefficient (Wildman–Crippen LogP) is 3.21. The Bertz CT molecular complexity index is 526. The predicted molar refractivity (Wildman–Crippen MR) is 77.1 cm³/mol. The maximum atomic E-state index is 13.2. The maximum absolute atomic E-state index is 13.2. The van der Waals surface area contributed by atoms with E-state index in [1.54, 1.807) is 0 Å². The molecule has 1 atom stereocenters. The van der Waals surface area contributed by atoms with Gasteiger partial charge in [0.25, 0.3) is 5.91 Å². The number of carbonyl (C=O) groups is 2. The summed E-state index contributed by atoms with van der Waals surface area (Å²) in [5.41, 5.74) is -0.280. The molecule has 0 aliphatic rings. The fourth-order valence-electron chi connectivity index (χ4n) is 1.66. The molecule has 0 radical (unpaired) electrons. The molecule has 0 saturated heterocycles. The number of hydrogen-bond donors (Lipinski definition) is 2. The van der Waals surface area contributed by atoms with Crippen molar-refractivity contribution in [1.82, 2.24) is 5.32 Å². The van der Waals surface area contributed by atoms with Crippen molar-refractivity contribution in [2.24, 2.45) is 5.41 Å². The number of amides is 1. The van der Waals surface area contributed by atoms with Crippen molar-refractivity contribution >= 4 is 27.8 Å². The van der Waals surface area contributed by atoms with E-state index in [2.05, 4.69) is 21.2 Å². The Kier molecular flexibility index (Phi) is 5.28. The molecule has 0 spiro atoms. The van der Waals surface area contributed by atoms with Crippen molar-refractivity contribution in [2.45, 2.75) is 33.2 Å². The normalized spacial score (nSPS) is 12.8. The second-order valence-corrected chi connectivity index (χ2v) is 6.47. The monoisotopic (exact) mass is 345 g/mol. The van der Waals surface area contributed by atoms with Crippen molar-refractivity contribution in [3.05, 3.63) is 34.1 Å². The molecular weight excluding hydrogens is 329 g/mol. The third-order valence-corrected chi connectivity index (χ3v) is 3.59. The molecule has 1 amide bonds. The number of nitrogens with one attached hydrogen (secondary N) is 1. The lowest BCUT2D eigenvalue weighted by molar-refractivity contribution is -0.138. The zero-order valence-electron chi connectivity index (χ0n) is 11.5. The van der Waals surface area contributed by atoms with Crippen LogP contribution in [0.25, 0.3) is 0 Å². The molecule has 6 heteroatoms. The van der Waals surface area contributed by atoms with Crippen LogP contribution < -0.4 is 5.32 Å². The van der Waals surface area contributed by atoms with Crippen LogP contribution in [0.15, 0.2) is 22.7 Å². The van der Waals surface area contributed by atoms with Gasteiger partial charge in [0.05, 0.1) is 12.0 Å². The van der Waals surface area contributed by atoms with Gasteiger partial charge in [-0.05, 0) is 39.5 Å². The van der Waals surface area contributed by atoms with E-state index < -0.39 is 29.2 Å². The van der Waals surface area contributed by atoms with Crippen LogP contribution in [0.2, 0.25) is 0 Å². The Morgan fingerprint density at radius 1 is 1.40 bits per heavy atom. The fourth-order valence-corrected chi connectivity index (χ4v) is 2.08. The van der Waals surface area contributed by atoms with Gasteiger partial charge in [-0.2, -0.15) is 0 Å². The van der Waals surface area contributed by atoms with Gasteiger partial charge in [-0.25, -0.2) is 4.39 Å². The third-order valence-electron chi connectivity index (χ3n) is 2.90. The van der Waals surface area contributed by atoms with E-state index in [9.17, 15) is 14.0 Å². The fraction of sp³-hybridized carbons (Fsp3) is 0.429. The summed E-state index contributed by atoms with van der Waals surface area (Å²) in [5.74, 6) is -2.02. The van der Waals surface area contributed by atoms with Crippen LogP contribution in [-0.4, -0.2) is 23.0 Å². The van der Waals surface area contributed by atoms with Crippen LogP contribution in [0, 0.1) is 11.2 Å². The first-order valence-electron chi connectivity index (χ1n) is 6.09. The minimum atomic E-state index is -0.997. The number of carboxylic acid groups (broad SMARTS) is 1. The molecule has 0 aliphatic heterocycles. The van der Waals surface area contributed by atoms with Crippen molar-refractivity contribution in [3.63, 3.8) is 0 Å². The quantitative estimate of drug-likeness (QED) is 0.880. The van der Waals surface area contributed by atoms with E-state index in [1.165, 1.54) is 12.1 Å². The molecule has 0 bridgehead atoms. The molecule has 1 rings (SSSR count). The Morgan fingerprint density at radius 3 is 2.50 bits per heavy atom. The van der Waals surface area contributed by atoms with Crippen molar-refractivity contribution < 1.29 is 19.1 Å². The smallest absolute Gasteiger partial charge is 0.305 e. The third kappa shape index (κ3) is 4.59. The van der Waals surface area contributed by atoms with E-state index in [1.807, 2.05) is 20.8 Å². The summed E-state index contributed by atoms with van der Waals surface area (Å²) in [6.07, 6.45) is -0.192. The van der Waals surface area contributed by atoms with E-state index in [-0.39, 0.29) is 12.0 Å². The molecule has 0 heterocycles. The van der Waals surface area contributed by atoms with Gasteiger partial charge < -0.3 is 10.4 Å². The summed E-state index contributed by atoms with van der Waals surface area (Å²) in [6.45, 7) is 5.50. The largest absolute Gasteiger partial charge is 0.481 e. The molecular formula is C14H17BrFNO3. The van der Waals surface area contributed by atoms with Crippen LogP contribution >= 0.6 is 15.9 Å². The Labute approximate surface area is 125 Å². The maximum Gasteiger partial charge on any atom is 0.305 e. The first-order valence-corrected chi connectivity index (χ1v) is 6.88. The van der Waals surface area contributed by atoms with Crippen molar-refractivity contribution in [1.29, 1.82) is 0 Å². The lowest BCUT2D eigenvalue weighted by Crippen LogP contribution is -2.45. The average molecular weight is 346 g/mol. The first-order chi connectivity index (χ1) is 9.11. The van der Waals surface area contributed by atoms with Crippen LogP contribution in [-0.2, 0) is 4.79 Å². The number of carboxylic acids is 1. The molecule has 1 aromatic carbocycles. The molecule has 1 unspecified atom stereocenters. The topological polar surface area (TPSA) is 66.4 Å². The highest BCUT2D eigenvalue weighted by atomic mass is 79.9. The summed E-state index contributed by atoms with van der Waals surface area (Å²) in [6, 6.07) is 3.23. The van der Waals surface area contributed by atoms with Gasteiger partial charge in [0.15, 0.2) is 0 Å². The van der Waals surface area contributed by atoms with Gasteiger partial charge in [-0.15, -0.1) is 0 Å². The second-order valence-electron chi connectivity index (χ2n) is 5.61. The van der Waals surface area contributed by atoms with Gasteiger partial charge in [0.2, 0.25) is 0 Å². The van der Waals surface area contributed by atoms with Crippen LogP contribution in [0.4, 0.5) is 4.39 Å². The van der Waals surface area contributed by atoms with Gasteiger partial charge in [0, 0.05) is 10.5 Å². The summed E-state index contributed by atoms with van der Waals surface area (Å²) < 4.78 is 13.7. The number of aliphatic carboxylic acids is 1. The highest BCUT2D eigenvalue weighted by Gasteiger charge is 2.29.